The van der Waals surface area contributed by atoms with Crippen LogP contribution >= 0.6 is 0 Å². The van der Waals surface area contributed by atoms with Gasteiger partial charge in [-0.2, -0.15) is 12.7 Å². The van der Waals surface area contributed by atoms with Gasteiger partial charge in [0.05, 0.1) is 5.69 Å². The van der Waals surface area contributed by atoms with Crippen LogP contribution in [0, 0.1) is 0 Å². The first kappa shape index (κ1) is 13.0. The summed E-state index contributed by atoms with van der Waals surface area (Å²) < 4.78 is 27.0. The lowest BCUT2D eigenvalue weighted by Crippen LogP contribution is -2.29. The fraction of sp³-hybridized carbons (Fsp3) is 0.400. The van der Waals surface area contributed by atoms with Crippen LogP contribution in [0.4, 0.5) is 5.69 Å². The van der Waals surface area contributed by atoms with Gasteiger partial charge in [0.1, 0.15) is 0 Å². The van der Waals surface area contributed by atoms with Crippen molar-refractivity contribution in [3.05, 3.63) is 29.8 Å². The van der Waals surface area contributed by atoms with Crippen molar-refractivity contribution in [2.45, 2.75) is 6.54 Å². The molecule has 0 spiro atoms. The van der Waals surface area contributed by atoms with Gasteiger partial charge >= 0.3 is 10.2 Å². The number of anilines is 1. The van der Waals surface area contributed by atoms with Crippen molar-refractivity contribution in [3.8, 4) is 0 Å². The van der Waals surface area contributed by atoms with Gasteiger partial charge in [0, 0.05) is 20.6 Å². The highest BCUT2D eigenvalue weighted by atomic mass is 32.2. The van der Waals surface area contributed by atoms with Crippen LogP contribution in [0.15, 0.2) is 24.3 Å². The highest BCUT2D eigenvalue weighted by Crippen LogP contribution is 2.16. The Morgan fingerprint density at radius 2 is 1.88 bits per heavy atom. The van der Waals surface area contributed by atoms with Crippen molar-refractivity contribution in [1.82, 2.24) is 9.62 Å². The maximum Gasteiger partial charge on any atom is 0.301 e. The third kappa shape index (κ3) is 3.19. The van der Waals surface area contributed by atoms with E-state index in [0.29, 0.717) is 12.2 Å². The number of nitrogens with zero attached hydrogens (tertiary/aromatic N) is 1. The molecule has 0 aliphatic heterocycles. The van der Waals surface area contributed by atoms with Crippen LogP contribution in [0.3, 0.4) is 0 Å². The molecule has 6 heteroatoms. The Morgan fingerprint density at radius 3 is 2.44 bits per heavy atom. The number of hydrogen-bond acceptors (Lipinski definition) is 3. The molecule has 1 aromatic rings. The molecule has 0 atom stereocenters. The van der Waals surface area contributed by atoms with Crippen LogP contribution in [-0.4, -0.2) is 33.9 Å². The van der Waals surface area contributed by atoms with E-state index < -0.39 is 10.2 Å². The second-order valence-electron chi connectivity index (χ2n) is 3.58. The number of hydrogen-bond donors (Lipinski definition) is 2. The normalized spacial score (nSPS) is 11.8. The molecule has 2 N–H and O–H groups in total. The van der Waals surface area contributed by atoms with Gasteiger partial charge in [0.2, 0.25) is 0 Å². The minimum atomic E-state index is -3.44. The smallest absolute Gasteiger partial charge is 0.301 e. The molecule has 0 saturated heterocycles. The largest absolute Gasteiger partial charge is 0.316 e. The number of para-hydroxylation sites is 1. The molecule has 16 heavy (non-hydrogen) atoms. The molecule has 90 valence electrons. The standard InChI is InChI=1S/C10H17N3O2S/c1-11-8-9-6-4-5-7-10(9)12-16(14,15)13(2)3/h4-7,11-12H,8H2,1-3H3. The number of benzene rings is 1. The molecule has 0 amide bonds. The average molecular weight is 243 g/mol. The number of nitrogens with one attached hydrogen (secondary N) is 2. The minimum absolute atomic E-state index is 0.602. The van der Waals surface area contributed by atoms with E-state index in [2.05, 4.69) is 10.0 Å². The maximum absolute atomic E-state index is 11.7. The Labute approximate surface area is 96.6 Å². The first-order valence-electron chi connectivity index (χ1n) is 4.90. The Bertz CT molecular complexity index is 443. The van der Waals surface area contributed by atoms with Crippen LogP contribution in [0.5, 0.6) is 0 Å². The third-order valence-corrected chi connectivity index (χ3v) is 3.54. The molecule has 1 aromatic carbocycles. The summed E-state index contributed by atoms with van der Waals surface area (Å²) in [5.41, 5.74) is 1.51. The van der Waals surface area contributed by atoms with E-state index >= 15 is 0 Å². The van der Waals surface area contributed by atoms with E-state index in [0.717, 1.165) is 9.87 Å². The van der Waals surface area contributed by atoms with Gasteiger partial charge in [-0.3, -0.25) is 4.72 Å². The summed E-state index contributed by atoms with van der Waals surface area (Å²) in [5.74, 6) is 0. The predicted octanol–water partition coefficient (Wildman–Crippen LogP) is 0.624. The van der Waals surface area contributed by atoms with Gasteiger partial charge in [-0.05, 0) is 18.7 Å². The van der Waals surface area contributed by atoms with E-state index in [-0.39, 0.29) is 0 Å². The molecule has 0 aromatic heterocycles. The van der Waals surface area contributed by atoms with Crippen molar-refractivity contribution in [3.63, 3.8) is 0 Å². The highest BCUT2D eigenvalue weighted by molar-refractivity contribution is 7.90. The molecule has 0 unspecified atom stereocenters. The molecule has 0 aliphatic rings. The maximum atomic E-state index is 11.7. The number of rotatable bonds is 5. The van der Waals surface area contributed by atoms with E-state index in [9.17, 15) is 8.42 Å². The zero-order valence-electron chi connectivity index (χ0n) is 9.69. The molecule has 0 fully saturated rings. The topological polar surface area (TPSA) is 61.4 Å². The summed E-state index contributed by atoms with van der Waals surface area (Å²) in [6.07, 6.45) is 0. The lowest BCUT2D eigenvalue weighted by Gasteiger charge is -2.15. The molecule has 0 heterocycles. The molecule has 0 saturated carbocycles. The third-order valence-electron chi connectivity index (χ3n) is 2.10. The van der Waals surface area contributed by atoms with Crippen molar-refractivity contribution < 1.29 is 8.42 Å². The fourth-order valence-corrected chi connectivity index (χ4v) is 1.85. The van der Waals surface area contributed by atoms with Crippen LogP contribution in [0.2, 0.25) is 0 Å². The molecule has 0 aliphatic carbocycles. The Morgan fingerprint density at radius 1 is 1.25 bits per heavy atom. The van der Waals surface area contributed by atoms with E-state index in [1.807, 2.05) is 19.2 Å². The summed E-state index contributed by atoms with van der Waals surface area (Å²) in [4.78, 5) is 0. The van der Waals surface area contributed by atoms with Gasteiger partial charge in [-0.15, -0.1) is 0 Å². The van der Waals surface area contributed by atoms with Gasteiger partial charge in [-0.25, -0.2) is 0 Å². The first-order valence-corrected chi connectivity index (χ1v) is 6.34. The van der Waals surface area contributed by atoms with Gasteiger partial charge in [0.25, 0.3) is 0 Å². The summed E-state index contributed by atoms with van der Waals surface area (Å²) in [6.45, 7) is 0.617. The summed E-state index contributed by atoms with van der Waals surface area (Å²) in [5, 5.41) is 2.99. The van der Waals surface area contributed by atoms with E-state index in [4.69, 9.17) is 0 Å². The van der Waals surface area contributed by atoms with Crippen molar-refractivity contribution >= 4 is 15.9 Å². The molecule has 1 rings (SSSR count). The Kier molecular flexibility index (Phi) is 4.28. The quantitative estimate of drug-likeness (QED) is 0.797. The molecule has 5 nitrogen and oxygen atoms in total. The average Bonchev–Trinajstić information content (AvgIpc) is 2.20. The van der Waals surface area contributed by atoms with Crippen molar-refractivity contribution in [1.29, 1.82) is 0 Å². The molecular formula is C10H17N3O2S. The highest BCUT2D eigenvalue weighted by Gasteiger charge is 2.14. The Hall–Kier alpha value is -1.11. The van der Waals surface area contributed by atoms with Crippen molar-refractivity contribution in [2.24, 2.45) is 0 Å². The van der Waals surface area contributed by atoms with Gasteiger partial charge < -0.3 is 5.32 Å². The van der Waals surface area contributed by atoms with Crippen LogP contribution < -0.4 is 10.0 Å². The molecule has 0 radical (unpaired) electrons. The SMILES string of the molecule is CNCc1ccccc1NS(=O)(=O)N(C)C. The molecular weight excluding hydrogens is 226 g/mol. The van der Waals surface area contributed by atoms with Gasteiger partial charge in [-0.1, -0.05) is 18.2 Å². The predicted molar refractivity (Wildman–Crippen MR) is 65.4 cm³/mol. The fourth-order valence-electron chi connectivity index (χ4n) is 1.19. The Balaban J connectivity index is 2.97. The summed E-state index contributed by atoms with van der Waals surface area (Å²) >= 11 is 0. The minimum Gasteiger partial charge on any atom is -0.316 e. The van der Waals surface area contributed by atoms with Crippen molar-refractivity contribution in [2.75, 3.05) is 25.9 Å². The molecule has 0 bridgehead atoms. The van der Waals surface area contributed by atoms with Gasteiger partial charge in [0.15, 0.2) is 0 Å². The summed E-state index contributed by atoms with van der Waals surface area (Å²) in [7, 11) is 1.36. The zero-order valence-corrected chi connectivity index (χ0v) is 10.5. The zero-order chi connectivity index (χ0) is 12.2. The van der Waals surface area contributed by atoms with Crippen LogP contribution in [0.25, 0.3) is 0 Å². The second-order valence-corrected chi connectivity index (χ2v) is 5.46. The second kappa shape index (κ2) is 5.29. The van der Waals surface area contributed by atoms with Crippen LogP contribution in [0.1, 0.15) is 5.56 Å². The van der Waals surface area contributed by atoms with E-state index in [1.54, 1.807) is 12.1 Å². The van der Waals surface area contributed by atoms with Crippen LogP contribution in [-0.2, 0) is 16.8 Å². The monoisotopic (exact) mass is 243 g/mol. The first-order chi connectivity index (χ1) is 7.47. The van der Waals surface area contributed by atoms with E-state index in [1.165, 1.54) is 14.1 Å². The lowest BCUT2D eigenvalue weighted by atomic mass is 10.2. The summed E-state index contributed by atoms with van der Waals surface area (Å²) in [6, 6.07) is 7.30. The lowest BCUT2D eigenvalue weighted by molar-refractivity contribution is 0.526.